The Morgan fingerprint density at radius 2 is 1.89 bits per heavy atom. The summed E-state index contributed by atoms with van der Waals surface area (Å²) in [6, 6.07) is 11.4. The maximum absolute atomic E-state index is 5.43. The van der Waals surface area contributed by atoms with Crippen LogP contribution in [0.25, 0.3) is 0 Å². The van der Waals surface area contributed by atoms with Crippen molar-refractivity contribution in [3.63, 3.8) is 0 Å². The largest absolute Gasteiger partial charge is 0.378 e. The zero-order chi connectivity index (χ0) is 18.6. The van der Waals surface area contributed by atoms with Gasteiger partial charge < -0.3 is 14.5 Å². The highest BCUT2D eigenvalue weighted by Crippen LogP contribution is 2.23. The Morgan fingerprint density at radius 3 is 2.67 bits per heavy atom. The van der Waals surface area contributed by atoms with E-state index in [4.69, 9.17) is 9.72 Å². The number of hydrogen-bond acceptors (Lipinski definition) is 6. The number of aryl methyl sites for hydroxylation is 1. The van der Waals surface area contributed by atoms with Crippen LogP contribution in [0.2, 0.25) is 0 Å². The molecule has 1 unspecified atom stereocenters. The Hall–Kier alpha value is -2.18. The molecule has 4 rings (SSSR count). The first-order valence-corrected chi connectivity index (χ1v) is 9.85. The molecule has 2 aliphatic rings. The van der Waals surface area contributed by atoms with E-state index in [0.717, 1.165) is 57.7 Å². The van der Waals surface area contributed by atoms with Crippen molar-refractivity contribution in [3.8, 4) is 0 Å². The third-order valence-electron chi connectivity index (χ3n) is 5.61. The van der Waals surface area contributed by atoms with Crippen LogP contribution in [0.15, 0.2) is 36.5 Å². The number of likely N-dealkylation sites (tertiary alicyclic amines) is 1. The van der Waals surface area contributed by atoms with Gasteiger partial charge in [-0.3, -0.25) is 4.90 Å². The average Bonchev–Trinajstić information content (AvgIpc) is 3.18. The van der Waals surface area contributed by atoms with E-state index in [1.807, 2.05) is 12.3 Å². The van der Waals surface area contributed by atoms with E-state index < -0.39 is 0 Å². The summed E-state index contributed by atoms with van der Waals surface area (Å²) < 4.78 is 5.43. The zero-order valence-corrected chi connectivity index (χ0v) is 16.3. The molecule has 0 bridgehead atoms. The van der Waals surface area contributed by atoms with Gasteiger partial charge in [-0.05, 0) is 25.0 Å². The van der Waals surface area contributed by atoms with Crippen LogP contribution in [-0.2, 0) is 11.3 Å². The number of hydrogen-bond donors (Lipinski definition) is 0. The minimum absolute atomic E-state index is 0.489. The minimum atomic E-state index is 0.489. The molecule has 0 saturated carbocycles. The summed E-state index contributed by atoms with van der Waals surface area (Å²) in [4.78, 5) is 16.4. The molecule has 0 spiro atoms. The second-order valence-corrected chi connectivity index (χ2v) is 7.59. The molecule has 1 aromatic heterocycles. The van der Waals surface area contributed by atoms with Gasteiger partial charge in [-0.1, -0.05) is 29.8 Å². The topological polar surface area (TPSA) is 44.7 Å². The number of benzene rings is 1. The normalized spacial score (nSPS) is 20.8. The van der Waals surface area contributed by atoms with Crippen molar-refractivity contribution in [3.05, 3.63) is 47.7 Å². The maximum atomic E-state index is 5.43. The van der Waals surface area contributed by atoms with Gasteiger partial charge in [-0.2, -0.15) is 4.98 Å². The molecule has 2 fully saturated rings. The van der Waals surface area contributed by atoms with Gasteiger partial charge in [0.15, 0.2) is 0 Å². The number of likely N-dealkylation sites (N-methyl/N-ethyl adjacent to an activating group) is 1. The van der Waals surface area contributed by atoms with E-state index in [-0.39, 0.29) is 0 Å². The number of anilines is 2. The van der Waals surface area contributed by atoms with Gasteiger partial charge in [-0.15, -0.1) is 0 Å². The first-order chi connectivity index (χ1) is 13.2. The Kier molecular flexibility index (Phi) is 5.55. The summed E-state index contributed by atoms with van der Waals surface area (Å²) in [6.07, 6.45) is 3.04. The Morgan fingerprint density at radius 1 is 1.11 bits per heavy atom. The number of rotatable bonds is 5. The number of ether oxygens (including phenoxy) is 1. The number of nitrogens with zero attached hydrogens (tertiary/aromatic N) is 5. The summed E-state index contributed by atoms with van der Waals surface area (Å²) >= 11 is 0. The standard InChI is InChI=1S/C21H29N5O/c1-17-3-5-18(6-4-17)15-25-10-8-19(16-25)24(2)20-7-9-22-21(23-20)26-11-13-27-14-12-26/h3-7,9,19H,8,10-16H2,1-2H3. The lowest BCUT2D eigenvalue weighted by Gasteiger charge is -2.29. The van der Waals surface area contributed by atoms with Gasteiger partial charge in [0, 0.05) is 52.0 Å². The Bertz CT molecular complexity index is 744. The lowest BCUT2D eigenvalue weighted by Crippen LogP contribution is -2.38. The molecule has 2 aliphatic heterocycles. The van der Waals surface area contributed by atoms with Crippen LogP contribution in [0.5, 0.6) is 0 Å². The molecular formula is C21H29N5O. The van der Waals surface area contributed by atoms with Gasteiger partial charge in [0.25, 0.3) is 0 Å². The molecule has 144 valence electrons. The van der Waals surface area contributed by atoms with Gasteiger partial charge in [0.2, 0.25) is 5.95 Å². The fraction of sp³-hybridized carbons (Fsp3) is 0.524. The fourth-order valence-corrected chi connectivity index (χ4v) is 3.86. The van der Waals surface area contributed by atoms with Crippen LogP contribution in [-0.4, -0.2) is 67.4 Å². The minimum Gasteiger partial charge on any atom is -0.378 e. The van der Waals surface area contributed by atoms with Crippen molar-refractivity contribution in [1.29, 1.82) is 0 Å². The van der Waals surface area contributed by atoms with Crippen LogP contribution in [0.4, 0.5) is 11.8 Å². The van der Waals surface area contributed by atoms with Crippen molar-refractivity contribution >= 4 is 11.8 Å². The summed E-state index contributed by atoms with van der Waals surface area (Å²) in [7, 11) is 2.16. The predicted molar refractivity (Wildman–Crippen MR) is 108 cm³/mol. The van der Waals surface area contributed by atoms with Gasteiger partial charge in [0.05, 0.1) is 13.2 Å². The van der Waals surface area contributed by atoms with E-state index in [9.17, 15) is 0 Å². The van der Waals surface area contributed by atoms with Gasteiger partial charge in [0.1, 0.15) is 5.82 Å². The van der Waals surface area contributed by atoms with Gasteiger partial charge in [-0.25, -0.2) is 4.98 Å². The summed E-state index contributed by atoms with van der Waals surface area (Å²) in [6.45, 7) is 8.58. The molecule has 6 heteroatoms. The summed E-state index contributed by atoms with van der Waals surface area (Å²) in [5.41, 5.74) is 2.71. The molecule has 2 saturated heterocycles. The van der Waals surface area contributed by atoms with Crippen LogP contribution in [0, 0.1) is 6.92 Å². The third kappa shape index (κ3) is 4.39. The number of aromatic nitrogens is 2. The SMILES string of the molecule is Cc1ccc(CN2CCC(N(C)c3ccnc(N4CCOCC4)n3)C2)cc1. The van der Waals surface area contributed by atoms with Crippen molar-refractivity contribution in [2.45, 2.75) is 25.9 Å². The van der Waals surface area contributed by atoms with Crippen molar-refractivity contribution in [2.24, 2.45) is 0 Å². The molecule has 0 N–H and O–H groups in total. The second kappa shape index (κ2) is 8.23. The highest BCUT2D eigenvalue weighted by molar-refractivity contribution is 5.44. The van der Waals surface area contributed by atoms with Crippen molar-refractivity contribution in [2.75, 3.05) is 56.2 Å². The first kappa shape index (κ1) is 18.2. The van der Waals surface area contributed by atoms with Crippen LogP contribution < -0.4 is 9.80 Å². The molecule has 2 aromatic rings. The maximum Gasteiger partial charge on any atom is 0.227 e. The molecule has 0 aliphatic carbocycles. The molecule has 3 heterocycles. The monoisotopic (exact) mass is 367 g/mol. The highest BCUT2D eigenvalue weighted by atomic mass is 16.5. The van der Waals surface area contributed by atoms with Crippen molar-refractivity contribution < 1.29 is 4.74 Å². The quantitative estimate of drug-likeness (QED) is 0.808. The first-order valence-electron chi connectivity index (χ1n) is 9.85. The lowest BCUT2D eigenvalue weighted by molar-refractivity contribution is 0.122. The number of morpholine rings is 1. The van der Waals surface area contributed by atoms with Gasteiger partial charge >= 0.3 is 0 Å². The molecule has 6 nitrogen and oxygen atoms in total. The van der Waals surface area contributed by atoms with E-state index in [2.05, 4.69) is 57.9 Å². The van der Waals surface area contributed by atoms with Crippen molar-refractivity contribution in [1.82, 2.24) is 14.9 Å². The molecule has 27 heavy (non-hydrogen) atoms. The predicted octanol–water partition coefficient (Wildman–Crippen LogP) is 2.33. The average molecular weight is 367 g/mol. The van der Waals surface area contributed by atoms with Crippen LogP contribution in [0.3, 0.4) is 0 Å². The molecule has 0 amide bonds. The fourth-order valence-electron chi connectivity index (χ4n) is 3.86. The Labute approximate surface area is 161 Å². The third-order valence-corrected chi connectivity index (χ3v) is 5.61. The van der Waals surface area contributed by atoms with Crippen LogP contribution in [0.1, 0.15) is 17.5 Å². The van der Waals surface area contributed by atoms with E-state index in [0.29, 0.717) is 6.04 Å². The van der Waals surface area contributed by atoms with E-state index in [1.54, 1.807) is 0 Å². The zero-order valence-electron chi connectivity index (χ0n) is 16.3. The molecular weight excluding hydrogens is 338 g/mol. The molecule has 0 radical (unpaired) electrons. The summed E-state index contributed by atoms with van der Waals surface area (Å²) in [5.74, 6) is 1.82. The summed E-state index contributed by atoms with van der Waals surface area (Å²) in [5, 5.41) is 0. The van der Waals surface area contributed by atoms with E-state index >= 15 is 0 Å². The second-order valence-electron chi connectivity index (χ2n) is 7.59. The molecule has 1 atom stereocenters. The Balaban J connectivity index is 1.38. The lowest BCUT2D eigenvalue weighted by atomic mass is 10.1. The smallest absolute Gasteiger partial charge is 0.227 e. The molecule has 1 aromatic carbocycles. The highest BCUT2D eigenvalue weighted by Gasteiger charge is 2.27. The van der Waals surface area contributed by atoms with E-state index in [1.165, 1.54) is 17.5 Å². The van der Waals surface area contributed by atoms with Crippen LogP contribution >= 0.6 is 0 Å².